The van der Waals surface area contributed by atoms with Gasteiger partial charge in [-0.15, -0.1) is 5.11 Å². The van der Waals surface area contributed by atoms with E-state index in [1.54, 1.807) is 0 Å². The summed E-state index contributed by atoms with van der Waals surface area (Å²) in [5, 5.41) is 9.43. The van der Waals surface area contributed by atoms with Gasteiger partial charge in [0.1, 0.15) is 0 Å². The standard InChI is InChI=1S/C27H30N4/c1-18-14-20(3)25(21(4)15-18)30-12-13-31(26-22(5)16-19(2)17-23(26)6)27(30)29-28-24-10-8-7-9-11-24/h7-17,27H,1-6H3. The number of benzene rings is 3. The summed E-state index contributed by atoms with van der Waals surface area (Å²) in [4.78, 5) is 4.46. The van der Waals surface area contributed by atoms with Crippen molar-refractivity contribution in [1.29, 1.82) is 0 Å². The van der Waals surface area contributed by atoms with Crippen LogP contribution in [0.3, 0.4) is 0 Å². The molecule has 0 spiro atoms. The first-order valence-corrected chi connectivity index (χ1v) is 10.7. The molecule has 0 saturated heterocycles. The lowest BCUT2D eigenvalue weighted by molar-refractivity contribution is 0.676. The second-order valence-corrected chi connectivity index (χ2v) is 8.50. The predicted octanol–water partition coefficient (Wildman–Crippen LogP) is 7.40. The van der Waals surface area contributed by atoms with Crippen LogP contribution < -0.4 is 9.80 Å². The van der Waals surface area contributed by atoms with Gasteiger partial charge in [0.25, 0.3) is 0 Å². The second-order valence-electron chi connectivity index (χ2n) is 8.50. The average Bonchev–Trinajstić information content (AvgIpc) is 3.08. The Balaban J connectivity index is 1.82. The summed E-state index contributed by atoms with van der Waals surface area (Å²) in [6.07, 6.45) is 3.95. The normalized spacial score (nSPS) is 14.3. The van der Waals surface area contributed by atoms with Crippen LogP contribution in [0.1, 0.15) is 33.4 Å². The molecule has 0 amide bonds. The summed E-state index contributed by atoms with van der Waals surface area (Å²) in [6.45, 7) is 12.9. The fraction of sp³-hybridized carbons (Fsp3) is 0.259. The summed E-state index contributed by atoms with van der Waals surface area (Å²) in [7, 11) is 0. The highest BCUT2D eigenvalue weighted by molar-refractivity contribution is 5.70. The van der Waals surface area contributed by atoms with Crippen LogP contribution in [-0.2, 0) is 0 Å². The molecule has 1 heterocycles. The molecule has 0 unspecified atom stereocenters. The SMILES string of the molecule is Cc1cc(C)c(N2C=CN(c3c(C)cc(C)cc3C)C2N=Nc2ccccc2)c(C)c1. The maximum absolute atomic E-state index is 4.83. The van der Waals surface area contributed by atoms with Gasteiger partial charge in [-0.2, -0.15) is 5.11 Å². The van der Waals surface area contributed by atoms with Gasteiger partial charge < -0.3 is 9.80 Å². The first-order chi connectivity index (χ1) is 14.8. The molecular formula is C27H30N4. The van der Waals surface area contributed by atoms with Crippen molar-refractivity contribution in [2.45, 2.75) is 47.8 Å². The lowest BCUT2D eigenvalue weighted by Crippen LogP contribution is -2.38. The van der Waals surface area contributed by atoms with E-state index in [2.05, 4.69) is 93.1 Å². The van der Waals surface area contributed by atoms with Crippen LogP contribution in [0.25, 0.3) is 0 Å². The van der Waals surface area contributed by atoms with Gasteiger partial charge in [-0.1, -0.05) is 53.6 Å². The summed E-state index contributed by atoms with van der Waals surface area (Å²) < 4.78 is 0. The van der Waals surface area contributed by atoms with Crippen LogP contribution >= 0.6 is 0 Å². The zero-order valence-electron chi connectivity index (χ0n) is 19.2. The van der Waals surface area contributed by atoms with Gasteiger partial charge in [-0.25, -0.2) is 0 Å². The zero-order valence-corrected chi connectivity index (χ0v) is 19.2. The third kappa shape index (κ3) is 4.11. The minimum Gasteiger partial charge on any atom is -0.305 e. The molecule has 158 valence electrons. The van der Waals surface area contributed by atoms with E-state index in [1.165, 1.54) is 44.8 Å². The fourth-order valence-electron chi connectivity index (χ4n) is 4.70. The van der Waals surface area contributed by atoms with Gasteiger partial charge in [0.15, 0.2) is 0 Å². The van der Waals surface area contributed by atoms with Gasteiger partial charge in [0, 0.05) is 12.4 Å². The van der Waals surface area contributed by atoms with Crippen molar-refractivity contribution in [2.24, 2.45) is 10.2 Å². The average molecular weight is 411 g/mol. The van der Waals surface area contributed by atoms with E-state index in [9.17, 15) is 0 Å². The van der Waals surface area contributed by atoms with Crippen molar-refractivity contribution in [1.82, 2.24) is 0 Å². The fourth-order valence-corrected chi connectivity index (χ4v) is 4.70. The third-order valence-electron chi connectivity index (χ3n) is 5.71. The molecule has 1 aliphatic heterocycles. The van der Waals surface area contributed by atoms with Crippen LogP contribution in [0.2, 0.25) is 0 Å². The highest BCUT2D eigenvalue weighted by Gasteiger charge is 2.32. The Kier molecular flexibility index (Phi) is 5.64. The van der Waals surface area contributed by atoms with E-state index in [1.807, 2.05) is 30.3 Å². The van der Waals surface area contributed by atoms with E-state index in [-0.39, 0.29) is 6.29 Å². The van der Waals surface area contributed by atoms with Gasteiger partial charge in [-0.3, -0.25) is 0 Å². The van der Waals surface area contributed by atoms with E-state index < -0.39 is 0 Å². The molecule has 31 heavy (non-hydrogen) atoms. The zero-order chi connectivity index (χ0) is 22.1. The maximum Gasteiger partial charge on any atom is 0.226 e. The van der Waals surface area contributed by atoms with E-state index >= 15 is 0 Å². The van der Waals surface area contributed by atoms with Crippen molar-refractivity contribution in [3.05, 3.63) is 100 Å². The molecule has 4 heteroatoms. The Hall–Kier alpha value is -3.40. The molecule has 0 radical (unpaired) electrons. The van der Waals surface area contributed by atoms with E-state index in [0.717, 1.165) is 5.69 Å². The van der Waals surface area contributed by atoms with Crippen molar-refractivity contribution >= 4 is 17.1 Å². The molecule has 0 atom stereocenters. The van der Waals surface area contributed by atoms with Crippen LogP contribution in [0, 0.1) is 41.5 Å². The Morgan fingerprint density at radius 3 is 1.45 bits per heavy atom. The molecular weight excluding hydrogens is 380 g/mol. The topological polar surface area (TPSA) is 31.2 Å². The molecule has 0 fully saturated rings. The minimum atomic E-state index is -0.291. The molecule has 3 aromatic carbocycles. The first kappa shape index (κ1) is 20.9. The number of hydrogen-bond donors (Lipinski definition) is 0. The number of hydrogen-bond acceptors (Lipinski definition) is 4. The second kappa shape index (κ2) is 8.38. The van der Waals surface area contributed by atoms with Gasteiger partial charge in [0.05, 0.1) is 17.1 Å². The summed E-state index contributed by atoms with van der Waals surface area (Å²) >= 11 is 0. The van der Waals surface area contributed by atoms with Crippen LogP contribution in [0.15, 0.2) is 77.2 Å². The Labute approximate surface area is 185 Å². The molecule has 3 aromatic rings. The highest BCUT2D eigenvalue weighted by atomic mass is 15.5. The maximum atomic E-state index is 4.83. The molecule has 0 bridgehead atoms. The monoisotopic (exact) mass is 410 g/mol. The van der Waals surface area contributed by atoms with Gasteiger partial charge in [-0.05, 0) is 75.9 Å². The van der Waals surface area contributed by atoms with E-state index in [4.69, 9.17) is 5.11 Å². The summed E-state index contributed by atoms with van der Waals surface area (Å²) in [6, 6.07) is 18.8. The number of anilines is 2. The molecule has 4 nitrogen and oxygen atoms in total. The van der Waals surface area contributed by atoms with E-state index in [0.29, 0.717) is 0 Å². The number of nitrogens with zero attached hydrogens (tertiary/aromatic N) is 4. The minimum absolute atomic E-state index is 0.291. The molecule has 0 aliphatic carbocycles. The van der Waals surface area contributed by atoms with Crippen molar-refractivity contribution in [3.8, 4) is 0 Å². The first-order valence-electron chi connectivity index (χ1n) is 10.7. The van der Waals surface area contributed by atoms with Crippen molar-refractivity contribution in [2.75, 3.05) is 9.80 Å². The number of rotatable bonds is 4. The number of azo groups is 1. The van der Waals surface area contributed by atoms with Crippen LogP contribution in [-0.4, -0.2) is 6.29 Å². The molecule has 4 rings (SSSR count). The smallest absolute Gasteiger partial charge is 0.226 e. The Morgan fingerprint density at radius 1 is 0.613 bits per heavy atom. The molecule has 0 N–H and O–H groups in total. The molecule has 1 aliphatic rings. The largest absolute Gasteiger partial charge is 0.305 e. The lowest BCUT2D eigenvalue weighted by atomic mass is 10.0. The Morgan fingerprint density at radius 2 is 1.03 bits per heavy atom. The van der Waals surface area contributed by atoms with Crippen LogP contribution in [0.5, 0.6) is 0 Å². The Bertz CT molecular complexity index is 1050. The molecule has 0 saturated carbocycles. The van der Waals surface area contributed by atoms with Crippen LogP contribution in [0.4, 0.5) is 17.1 Å². The van der Waals surface area contributed by atoms with Gasteiger partial charge >= 0.3 is 0 Å². The highest BCUT2D eigenvalue weighted by Crippen LogP contribution is 2.37. The molecule has 0 aromatic heterocycles. The summed E-state index contributed by atoms with van der Waals surface area (Å²) in [5.41, 5.74) is 10.7. The van der Waals surface area contributed by atoms with Crippen molar-refractivity contribution < 1.29 is 0 Å². The number of aryl methyl sites for hydroxylation is 6. The van der Waals surface area contributed by atoms with Crippen molar-refractivity contribution in [3.63, 3.8) is 0 Å². The predicted molar refractivity (Wildman–Crippen MR) is 130 cm³/mol. The lowest BCUT2D eigenvalue weighted by Gasteiger charge is -2.32. The third-order valence-corrected chi connectivity index (χ3v) is 5.71. The summed E-state index contributed by atoms with van der Waals surface area (Å²) in [5.74, 6) is 0. The van der Waals surface area contributed by atoms with Gasteiger partial charge in [0.2, 0.25) is 6.29 Å². The quantitative estimate of drug-likeness (QED) is 0.420.